The molecule has 0 N–H and O–H groups in total. The maximum atomic E-state index is 12.9. The lowest BCUT2D eigenvalue weighted by Gasteiger charge is -2.08. The number of alkyl halides is 1. The van der Waals surface area contributed by atoms with Crippen LogP contribution in [0.25, 0.3) is 22.8 Å². The van der Waals surface area contributed by atoms with Crippen LogP contribution < -0.4 is 10.3 Å². The van der Waals surface area contributed by atoms with Crippen molar-refractivity contribution in [3.63, 3.8) is 0 Å². The van der Waals surface area contributed by atoms with E-state index in [4.69, 9.17) is 9.26 Å². The standard InChI is InChI=1S/C22H19FN4O3/c1-14-4-3-5-17(10-14)21-25-22(30-26-21)18-7-9-20(28)27(13-18)12-16-6-8-19(24-11-16)29-15(2)23/h3-11,13,15H,12H2,1-2H3. The molecule has 152 valence electrons. The summed E-state index contributed by atoms with van der Waals surface area (Å²) in [6, 6.07) is 14.2. The summed E-state index contributed by atoms with van der Waals surface area (Å²) in [5.41, 5.74) is 3.15. The van der Waals surface area contributed by atoms with E-state index >= 15 is 0 Å². The normalized spacial score (nSPS) is 12.0. The second-order valence-electron chi connectivity index (χ2n) is 6.84. The number of ether oxygens (including phenoxy) is 1. The molecule has 4 rings (SSSR count). The first kappa shape index (κ1) is 19.5. The topological polar surface area (TPSA) is 83.0 Å². The first-order valence-corrected chi connectivity index (χ1v) is 9.35. The average Bonchev–Trinajstić information content (AvgIpc) is 3.21. The Balaban J connectivity index is 1.57. The Labute approximate surface area is 171 Å². The number of pyridine rings is 2. The molecular weight excluding hydrogens is 387 g/mol. The number of hydrogen-bond acceptors (Lipinski definition) is 6. The Morgan fingerprint density at radius 3 is 2.77 bits per heavy atom. The van der Waals surface area contributed by atoms with Gasteiger partial charge < -0.3 is 13.8 Å². The first-order valence-electron chi connectivity index (χ1n) is 9.35. The highest BCUT2D eigenvalue weighted by Gasteiger charge is 2.12. The van der Waals surface area contributed by atoms with Crippen LogP contribution in [0.5, 0.6) is 5.88 Å². The van der Waals surface area contributed by atoms with Gasteiger partial charge in [0, 0.05) is 37.0 Å². The molecule has 1 aromatic carbocycles. The number of rotatable bonds is 6. The minimum Gasteiger partial charge on any atom is -0.444 e. The van der Waals surface area contributed by atoms with E-state index in [0.29, 0.717) is 17.3 Å². The minimum atomic E-state index is -1.44. The van der Waals surface area contributed by atoms with Gasteiger partial charge in [0.2, 0.25) is 18.1 Å². The smallest absolute Gasteiger partial charge is 0.259 e. The lowest BCUT2D eigenvalue weighted by atomic mass is 10.1. The van der Waals surface area contributed by atoms with Crippen molar-refractivity contribution in [3.05, 3.63) is 82.4 Å². The largest absolute Gasteiger partial charge is 0.444 e. The van der Waals surface area contributed by atoms with Gasteiger partial charge in [-0.25, -0.2) is 9.37 Å². The van der Waals surface area contributed by atoms with Crippen LogP contribution in [-0.4, -0.2) is 26.0 Å². The fourth-order valence-electron chi connectivity index (χ4n) is 2.96. The number of aromatic nitrogens is 4. The van der Waals surface area contributed by atoms with Crippen LogP contribution in [0.1, 0.15) is 18.1 Å². The molecule has 0 aliphatic carbocycles. The highest BCUT2D eigenvalue weighted by atomic mass is 19.1. The Hall–Kier alpha value is -3.81. The molecule has 1 atom stereocenters. The average molecular weight is 406 g/mol. The molecule has 0 saturated heterocycles. The van der Waals surface area contributed by atoms with Gasteiger partial charge in [0.25, 0.3) is 11.4 Å². The van der Waals surface area contributed by atoms with Crippen LogP contribution in [0, 0.1) is 6.92 Å². The van der Waals surface area contributed by atoms with Gasteiger partial charge in [0.15, 0.2) is 0 Å². The van der Waals surface area contributed by atoms with Crippen molar-refractivity contribution in [1.82, 2.24) is 19.7 Å². The summed E-state index contributed by atoms with van der Waals surface area (Å²) >= 11 is 0. The Bertz CT molecular complexity index is 1220. The van der Waals surface area contributed by atoms with E-state index in [0.717, 1.165) is 16.7 Å². The minimum absolute atomic E-state index is 0.185. The molecule has 0 aliphatic rings. The summed E-state index contributed by atoms with van der Waals surface area (Å²) in [7, 11) is 0. The third-order valence-corrected chi connectivity index (χ3v) is 4.37. The van der Waals surface area contributed by atoms with Gasteiger partial charge in [-0.2, -0.15) is 4.98 Å². The van der Waals surface area contributed by atoms with Crippen molar-refractivity contribution in [2.45, 2.75) is 26.7 Å². The van der Waals surface area contributed by atoms with E-state index in [1.807, 2.05) is 31.2 Å². The van der Waals surface area contributed by atoms with Crippen LogP contribution in [0.3, 0.4) is 0 Å². The number of benzene rings is 1. The summed E-state index contributed by atoms with van der Waals surface area (Å²) in [6.07, 6.45) is 1.75. The van der Waals surface area contributed by atoms with Crippen molar-refractivity contribution in [3.8, 4) is 28.7 Å². The fraction of sp³-hybridized carbons (Fsp3) is 0.182. The molecular formula is C22H19FN4O3. The third kappa shape index (κ3) is 4.43. The second-order valence-corrected chi connectivity index (χ2v) is 6.84. The van der Waals surface area contributed by atoms with Gasteiger partial charge in [-0.1, -0.05) is 35.0 Å². The molecule has 7 nitrogen and oxygen atoms in total. The molecule has 0 aliphatic heterocycles. The molecule has 0 amide bonds. The fourth-order valence-corrected chi connectivity index (χ4v) is 2.96. The van der Waals surface area contributed by atoms with Crippen molar-refractivity contribution in [2.24, 2.45) is 0 Å². The van der Waals surface area contributed by atoms with Crippen molar-refractivity contribution >= 4 is 0 Å². The molecule has 0 radical (unpaired) electrons. The SMILES string of the molecule is Cc1cccc(-c2noc(-c3ccc(=O)n(Cc4ccc(OC(C)F)nc4)c3)n2)c1. The van der Waals surface area contributed by atoms with Gasteiger partial charge in [-0.3, -0.25) is 4.79 Å². The molecule has 0 bridgehead atoms. The number of aryl methyl sites for hydroxylation is 1. The summed E-state index contributed by atoms with van der Waals surface area (Å²) in [5.74, 6) is 0.983. The molecule has 0 fully saturated rings. The molecule has 0 saturated carbocycles. The highest BCUT2D eigenvalue weighted by Crippen LogP contribution is 2.22. The molecule has 0 spiro atoms. The van der Waals surface area contributed by atoms with Crippen LogP contribution in [0.15, 0.2) is 70.2 Å². The van der Waals surface area contributed by atoms with Crippen LogP contribution in [0.2, 0.25) is 0 Å². The highest BCUT2D eigenvalue weighted by molar-refractivity contribution is 5.59. The molecule has 3 aromatic heterocycles. The summed E-state index contributed by atoms with van der Waals surface area (Å²) in [6.45, 7) is 3.55. The molecule has 3 heterocycles. The van der Waals surface area contributed by atoms with Gasteiger partial charge in [0.05, 0.1) is 12.1 Å². The maximum Gasteiger partial charge on any atom is 0.259 e. The van der Waals surface area contributed by atoms with Crippen molar-refractivity contribution in [1.29, 1.82) is 0 Å². The van der Waals surface area contributed by atoms with Crippen molar-refractivity contribution in [2.75, 3.05) is 0 Å². The Morgan fingerprint density at radius 1 is 1.17 bits per heavy atom. The van der Waals surface area contributed by atoms with Gasteiger partial charge >= 0.3 is 0 Å². The van der Waals surface area contributed by atoms with Gasteiger partial charge in [0.1, 0.15) is 0 Å². The van der Waals surface area contributed by atoms with E-state index in [1.165, 1.54) is 17.6 Å². The van der Waals surface area contributed by atoms with Crippen LogP contribution in [-0.2, 0) is 6.54 Å². The van der Waals surface area contributed by atoms with E-state index in [2.05, 4.69) is 15.1 Å². The van der Waals surface area contributed by atoms with Crippen LogP contribution in [0.4, 0.5) is 4.39 Å². The van der Waals surface area contributed by atoms with E-state index in [-0.39, 0.29) is 18.0 Å². The number of nitrogens with zero attached hydrogens (tertiary/aromatic N) is 4. The van der Waals surface area contributed by atoms with Crippen molar-refractivity contribution < 1.29 is 13.7 Å². The van der Waals surface area contributed by atoms with E-state index < -0.39 is 6.36 Å². The summed E-state index contributed by atoms with van der Waals surface area (Å²) < 4.78 is 24.7. The zero-order chi connectivity index (χ0) is 21.1. The maximum absolute atomic E-state index is 12.9. The second kappa shape index (κ2) is 8.28. The summed E-state index contributed by atoms with van der Waals surface area (Å²) in [5, 5.41) is 4.05. The Morgan fingerprint density at radius 2 is 2.03 bits per heavy atom. The molecule has 8 heteroatoms. The predicted octanol–water partition coefficient (Wildman–Crippen LogP) is 4.01. The van der Waals surface area contributed by atoms with Crippen LogP contribution >= 0.6 is 0 Å². The zero-order valence-electron chi connectivity index (χ0n) is 16.4. The summed E-state index contributed by atoms with van der Waals surface area (Å²) in [4.78, 5) is 20.8. The molecule has 30 heavy (non-hydrogen) atoms. The number of halogens is 1. The van der Waals surface area contributed by atoms with Gasteiger partial charge in [-0.15, -0.1) is 0 Å². The molecule has 1 unspecified atom stereocenters. The van der Waals surface area contributed by atoms with E-state index in [9.17, 15) is 9.18 Å². The molecule has 4 aromatic rings. The monoisotopic (exact) mass is 406 g/mol. The quantitative estimate of drug-likeness (QED) is 0.481. The lowest BCUT2D eigenvalue weighted by molar-refractivity contribution is 0.0809. The van der Waals surface area contributed by atoms with Gasteiger partial charge in [-0.05, 0) is 24.6 Å². The van der Waals surface area contributed by atoms with E-state index in [1.54, 1.807) is 30.6 Å². The predicted molar refractivity (Wildman–Crippen MR) is 109 cm³/mol. The Kier molecular flexibility index (Phi) is 5.38. The first-order chi connectivity index (χ1) is 14.5. The lowest BCUT2D eigenvalue weighted by Crippen LogP contribution is -2.19. The number of hydrogen-bond donors (Lipinski definition) is 0. The third-order valence-electron chi connectivity index (χ3n) is 4.37. The zero-order valence-corrected chi connectivity index (χ0v) is 16.4.